The van der Waals surface area contributed by atoms with Gasteiger partial charge in [0.15, 0.2) is 0 Å². The number of rotatable bonds is 4. The molecule has 0 radical (unpaired) electrons. The maximum absolute atomic E-state index is 13.3. The molecule has 1 aromatic carbocycles. The average molecular weight is 286 g/mol. The van der Waals surface area contributed by atoms with Crippen LogP contribution in [-0.2, 0) is 0 Å². The second-order valence-electron chi connectivity index (χ2n) is 3.87. The van der Waals surface area contributed by atoms with Crippen LogP contribution in [-0.4, -0.2) is 6.54 Å². The predicted octanol–water partition coefficient (Wildman–Crippen LogP) is 3.93. The van der Waals surface area contributed by atoms with Crippen molar-refractivity contribution in [1.82, 2.24) is 0 Å². The van der Waals surface area contributed by atoms with Crippen molar-refractivity contribution in [3.05, 3.63) is 50.9 Å². The average Bonchev–Trinajstić information content (AvgIpc) is 2.77. The Balaban J connectivity index is 2.17. The lowest BCUT2D eigenvalue weighted by Crippen LogP contribution is -2.17. The van der Waals surface area contributed by atoms with Gasteiger partial charge in [-0.1, -0.05) is 11.6 Å². The van der Waals surface area contributed by atoms with Crippen molar-refractivity contribution in [2.24, 2.45) is 5.73 Å². The minimum atomic E-state index is -0.493. The summed E-state index contributed by atoms with van der Waals surface area (Å²) in [6.45, 7) is 2.36. The van der Waals surface area contributed by atoms with Crippen molar-refractivity contribution in [2.45, 2.75) is 13.0 Å². The maximum Gasteiger partial charge on any atom is 0.145 e. The fraction of sp³-hybridized carbons (Fsp3) is 0.231. The number of hydrogen-bond donors (Lipinski definition) is 1. The molecule has 18 heavy (non-hydrogen) atoms. The Hall–Kier alpha value is -1.10. The molecule has 1 aromatic heterocycles. The number of thiophene rings is 1. The Bertz CT molecular complexity index is 544. The van der Waals surface area contributed by atoms with Crippen LogP contribution < -0.4 is 10.5 Å². The molecule has 1 unspecified atom stereocenters. The molecule has 1 atom stereocenters. The van der Waals surface area contributed by atoms with Crippen molar-refractivity contribution in [2.75, 3.05) is 6.54 Å². The highest BCUT2D eigenvalue weighted by atomic mass is 35.5. The summed E-state index contributed by atoms with van der Waals surface area (Å²) >= 11 is 7.24. The van der Waals surface area contributed by atoms with E-state index in [0.29, 0.717) is 12.3 Å². The topological polar surface area (TPSA) is 35.2 Å². The zero-order valence-corrected chi connectivity index (χ0v) is 11.4. The number of nitrogens with two attached hydrogens (primary N) is 1. The lowest BCUT2D eigenvalue weighted by atomic mass is 10.2. The summed E-state index contributed by atoms with van der Waals surface area (Å²) in [6.07, 6.45) is -0.260. The second kappa shape index (κ2) is 5.69. The fourth-order valence-corrected chi connectivity index (χ4v) is 2.60. The van der Waals surface area contributed by atoms with Gasteiger partial charge in [0.05, 0.1) is 5.02 Å². The lowest BCUT2D eigenvalue weighted by molar-refractivity contribution is 0.217. The van der Waals surface area contributed by atoms with Gasteiger partial charge in [-0.15, -0.1) is 11.3 Å². The summed E-state index contributed by atoms with van der Waals surface area (Å²) < 4.78 is 19.0. The van der Waals surface area contributed by atoms with E-state index in [9.17, 15) is 4.39 Å². The molecule has 5 heteroatoms. The molecule has 2 rings (SSSR count). The molecule has 0 saturated heterocycles. The van der Waals surface area contributed by atoms with E-state index in [1.165, 1.54) is 17.0 Å². The largest absolute Gasteiger partial charge is 0.483 e. The van der Waals surface area contributed by atoms with Gasteiger partial charge >= 0.3 is 0 Å². The first-order valence-corrected chi connectivity index (χ1v) is 6.67. The summed E-state index contributed by atoms with van der Waals surface area (Å²) in [7, 11) is 0. The highest BCUT2D eigenvalue weighted by Crippen LogP contribution is 2.28. The first kappa shape index (κ1) is 13.3. The van der Waals surface area contributed by atoms with Crippen molar-refractivity contribution in [3.8, 4) is 5.75 Å². The fourth-order valence-electron chi connectivity index (χ4n) is 1.56. The molecule has 0 aliphatic carbocycles. The third-order valence-corrected chi connectivity index (χ3v) is 3.86. The predicted molar refractivity (Wildman–Crippen MR) is 72.9 cm³/mol. The van der Waals surface area contributed by atoms with E-state index in [4.69, 9.17) is 22.1 Å². The van der Waals surface area contributed by atoms with Gasteiger partial charge in [0, 0.05) is 22.4 Å². The van der Waals surface area contributed by atoms with Gasteiger partial charge in [-0.25, -0.2) is 4.39 Å². The van der Waals surface area contributed by atoms with Crippen LogP contribution in [0.1, 0.15) is 15.9 Å². The molecule has 1 heterocycles. The molecule has 0 bridgehead atoms. The molecule has 2 N–H and O–H groups in total. The summed E-state index contributed by atoms with van der Waals surface area (Å²) in [4.78, 5) is 2.22. The molecule has 2 nitrogen and oxygen atoms in total. The number of hydrogen-bond acceptors (Lipinski definition) is 3. The van der Waals surface area contributed by atoms with Crippen molar-refractivity contribution < 1.29 is 9.13 Å². The van der Waals surface area contributed by atoms with Crippen molar-refractivity contribution in [3.63, 3.8) is 0 Å². The van der Waals surface area contributed by atoms with E-state index < -0.39 is 5.82 Å². The highest BCUT2D eigenvalue weighted by Gasteiger charge is 2.14. The SMILES string of the molecule is Cc1ccc(C(CN)Oc2ccc(Cl)c(F)c2)s1. The molecule has 0 fully saturated rings. The Kier molecular flexibility index (Phi) is 4.22. The van der Waals surface area contributed by atoms with E-state index in [2.05, 4.69) is 0 Å². The number of ether oxygens (including phenoxy) is 1. The lowest BCUT2D eigenvalue weighted by Gasteiger charge is -2.16. The summed E-state index contributed by atoms with van der Waals surface area (Å²) in [6, 6.07) is 8.36. The molecule has 0 spiro atoms. The van der Waals surface area contributed by atoms with Gasteiger partial charge in [0.1, 0.15) is 17.7 Å². The molecule has 0 amide bonds. The van der Waals surface area contributed by atoms with Crippen LogP contribution in [0.2, 0.25) is 5.02 Å². The standard InChI is InChI=1S/C13H13ClFNOS/c1-8-2-5-13(18-8)12(7-16)17-9-3-4-10(14)11(15)6-9/h2-6,12H,7,16H2,1H3. The Morgan fingerprint density at radius 3 is 2.72 bits per heavy atom. The third kappa shape index (κ3) is 3.02. The number of benzene rings is 1. The van der Waals surface area contributed by atoms with Gasteiger partial charge in [0.2, 0.25) is 0 Å². The first-order valence-electron chi connectivity index (χ1n) is 5.48. The zero-order chi connectivity index (χ0) is 13.1. The molecular formula is C13H13ClFNOS. The van der Waals surface area contributed by atoms with Gasteiger partial charge in [-0.2, -0.15) is 0 Å². The molecule has 2 aromatic rings. The van der Waals surface area contributed by atoms with Gasteiger partial charge in [-0.05, 0) is 31.2 Å². The van der Waals surface area contributed by atoms with E-state index in [0.717, 1.165) is 4.88 Å². The van der Waals surface area contributed by atoms with Crippen LogP contribution in [0.3, 0.4) is 0 Å². The minimum Gasteiger partial charge on any atom is -0.483 e. The number of halogens is 2. The summed E-state index contributed by atoms with van der Waals surface area (Å²) in [5.74, 6) is -0.0642. The van der Waals surface area contributed by atoms with Crippen molar-refractivity contribution >= 4 is 22.9 Å². The third-order valence-electron chi connectivity index (χ3n) is 2.46. The van der Waals surface area contributed by atoms with Gasteiger partial charge in [-0.3, -0.25) is 0 Å². The maximum atomic E-state index is 13.3. The van der Waals surface area contributed by atoms with E-state index in [1.54, 1.807) is 17.4 Å². The van der Waals surface area contributed by atoms with E-state index >= 15 is 0 Å². The monoisotopic (exact) mass is 285 g/mol. The summed E-state index contributed by atoms with van der Waals surface area (Å²) in [5, 5.41) is 0.0821. The van der Waals surface area contributed by atoms with Crippen LogP contribution in [0.25, 0.3) is 0 Å². The molecule has 96 valence electrons. The van der Waals surface area contributed by atoms with Gasteiger partial charge in [0.25, 0.3) is 0 Å². The molecule has 0 aliphatic rings. The Morgan fingerprint density at radius 2 is 2.17 bits per heavy atom. The molecule has 0 saturated carbocycles. The van der Waals surface area contributed by atoms with Crippen LogP contribution in [0, 0.1) is 12.7 Å². The number of aryl methyl sites for hydroxylation is 1. The minimum absolute atomic E-state index is 0.0821. The molecule has 0 aliphatic heterocycles. The highest BCUT2D eigenvalue weighted by molar-refractivity contribution is 7.12. The van der Waals surface area contributed by atoms with Gasteiger partial charge < -0.3 is 10.5 Å². The van der Waals surface area contributed by atoms with Crippen LogP contribution in [0.4, 0.5) is 4.39 Å². The van der Waals surface area contributed by atoms with E-state index in [-0.39, 0.29) is 11.1 Å². The zero-order valence-electron chi connectivity index (χ0n) is 9.82. The quantitative estimate of drug-likeness (QED) is 0.924. The Labute approximate surface area is 114 Å². The normalized spacial score (nSPS) is 12.4. The molecular weight excluding hydrogens is 273 g/mol. The van der Waals surface area contributed by atoms with Crippen LogP contribution >= 0.6 is 22.9 Å². The van der Waals surface area contributed by atoms with E-state index in [1.807, 2.05) is 19.1 Å². The van der Waals surface area contributed by atoms with Crippen molar-refractivity contribution in [1.29, 1.82) is 0 Å². The smallest absolute Gasteiger partial charge is 0.145 e. The second-order valence-corrected chi connectivity index (χ2v) is 5.59. The van der Waals surface area contributed by atoms with Crippen LogP contribution in [0.15, 0.2) is 30.3 Å². The Morgan fingerprint density at radius 1 is 1.39 bits per heavy atom. The first-order chi connectivity index (χ1) is 8.60. The summed E-state index contributed by atoms with van der Waals surface area (Å²) in [5.41, 5.74) is 5.69. The van der Waals surface area contributed by atoms with Crippen LogP contribution in [0.5, 0.6) is 5.75 Å².